The van der Waals surface area contributed by atoms with Crippen LogP contribution in [0.5, 0.6) is 0 Å². The Morgan fingerprint density at radius 2 is 2.03 bits per heavy atom. The van der Waals surface area contributed by atoms with E-state index >= 15 is 0 Å². The summed E-state index contributed by atoms with van der Waals surface area (Å²) in [6.45, 7) is 3.10. The topological polar surface area (TPSA) is 60.2 Å². The normalized spacial score (nSPS) is 18.0. The molecule has 1 spiro atoms. The fraction of sp³-hybridized carbons (Fsp3) is 0.318. The van der Waals surface area contributed by atoms with E-state index in [1.807, 2.05) is 4.90 Å². The van der Waals surface area contributed by atoms with Crippen molar-refractivity contribution in [1.82, 2.24) is 19.4 Å². The second-order valence-electron chi connectivity index (χ2n) is 7.80. The zero-order valence-corrected chi connectivity index (χ0v) is 15.8. The number of likely N-dealkylation sites (tertiary alicyclic amines) is 1. The Balaban J connectivity index is 1.46. The van der Waals surface area contributed by atoms with Crippen molar-refractivity contribution in [1.29, 1.82) is 0 Å². The molecule has 0 saturated carbocycles. The van der Waals surface area contributed by atoms with Crippen LogP contribution in [-0.4, -0.2) is 51.6 Å². The van der Waals surface area contributed by atoms with E-state index in [-0.39, 0.29) is 29.9 Å². The predicted molar refractivity (Wildman–Crippen MR) is 105 cm³/mol. The van der Waals surface area contributed by atoms with E-state index < -0.39 is 0 Å². The number of amides is 1. The van der Waals surface area contributed by atoms with Crippen LogP contribution in [0.1, 0.15) is 7.79 Å². The maximum atomic E-state index is 13.4. The Bertz CT molecular complexity index is 1080. The number of hydrogen-bond donors (Lipinski definition) is 0. The maximum Gasteiger partial charge on any atom is 0.242 e. The molecule has 7 heteroatoms. The summed E-state index contributed by atoms with van der Waals surface area (Å²) >= 11 is 0. The van der Waals surface area contributed by atoms with Crippen LogP contribution >= 0.6 is 0 Å². The van der Waals surface area contributed by atoms with Crippen molar-refractivity contribution in [3.8, 4) is 22.5 Å². The SMILES string of the molecule is [2H]c1cc(-c2c(-c3ccc(F)cc3)ncn2CC(=O)N2CC3(CCOC3)C2)ccn1. The van der Waals surface area contributed by atoms with Crippen molar-refractivity contribution in [2.75, 3.05) is 26.3 Å². The zero-order valence-electron chi connectivity index (χ0n) is 16.8. The molecule has 0 radical (unpaired) electrons. The summed E-state index contributed by atoms with van der Waals surface area (Å²) < 4.78 is 28.6. The summed E-state index contributed by atoms with van der Waals surface area (Å²) in [6.07, 6.45) is 4.32. The Hall–Kier alpha value is -3.06. The molecule has 6 nitrogen and oxygen atoms in total. The lowest BCUT2D eigenvalue weighted by atomic mass is 9.79. The highest BCUT2D eigenvalue weighted by atomic mass is 19.1. The number of aromatic nitrogens is 3. The second kappa shape index (κ2) is 7.08. The molecule has 2 aromatic heterocycles. The largest absolute Gasteiger partial charge is 0.381 e. The minimum absolute atomic E-state index is 0.0250. The van der Waals surface area contributed by atoms with E-state index in [1.165, 1.54) is 12.1 Å². The number of halogens is 1. The number of ether oxygens (including phenoxy) is 1. The number of pyridine rings is 1. The monoisotopic (exact) mass is 393 g/mol. The minimum Gasteiger partial charge on any atom is -0.381 e. The van der Waals surface area contributed by atoms with Crippen LogP contribution in [0.3, 0.4) is 0 Å². The van der Waals surface area contributed by atoms with E-state index in [9.17, 15) is 9.18 Å². The predicted octanol–water partition coefficient (Wildman–Crippen LogP) is 3.00. The highest BCUT2D eigenvalue weighted by molar-refractivity contribution is 5.82. The zero-order chi connectivity index (χ0) is 20.7. The van der Waals surface area contributed by atoms with Crippen LogP contribution in [-0.2, 0) is 16.1 Å². The second-order valence-corrected chi connectivity index (χ2v) is 7.80. The number of carbonyl (C=O) groups is 1. The summed E-state index contributed by atoms with van der Waals surface area (Å²) in [5, 5.41) is 0. The molecule has 4 heterocycles. The van der Waals surface area contributed by atoms with Crippen molar-refractivity contribution in [3.05, 3.63) is 60.9 Å². The van der Waals surface area contributed by atoms with Crippen molar-refractivity contribution < 1.29 is 15.3 Å². The Morgan fingerprint density at radius 1 is 1.21 bits per heavy atom. The van der Waals surface area contributed by atoms with Gasteiger partial charge < -0.3 is 14.2 Å². The third kappa shape index (κ3) is 3.31. The Morgan fingerprint density at radius 3 is 2.76 bits per heavy atom. The molecule has 2 saturated heterocycles. The molecule has 0 unspecified atom stereocenters. The number of rotatable bonds is 4. The van der Waals surface area contributed by atoms with Crippen LogP contribution < -0.4 is 0 Å². The van der Waals surface area contributed by atoms with Crippen LogP contribution in [0.15, 0.2) is 55.1 Å². The fourth-order valence-corrected chi connectivity index (χ4v) is 4.17. The molecular weight excluding hydrogens is 371 g/mol. The first-order valence-electron chi connectivity index (χ1n) is 10.1. The summed E-state index contributed by atoms with van der Waals surface area (Å²) in [7, 11) is 0. The Kier molecular flexibility index (Phi) is 4.11. The fourth-order valence-electron chi connectivity index (χ4n) is 4.17. The van der Waals surface area contributed by atoms with Gasteiger partial charge in [0.1, 0.15) is 12.4 Å². The highest BCUT2D eigenvalue weighted by Gasteiger charge is 2.47. The molecule has 2 fully saturated rings. The molecule has 0 bridgehead atoms. The molecule has 2 aliphatic heterocycles. The average molecular weight is 393 g/mol. The maximum absolute atomic E-state index is 13.4. The van der Waals surface area contributed by atoms with Crippen LogP contribution in [0.2, 0.25) is 0 Å². The lowest BCUT2D eigenvalue weighted by Gasteiger charge is -2.47. The number of benzene rings is 1. The van der Waals surface area contributed by atoms with Gasteiger partial charge in [0, 0.05) is 48.6 Å². The van der Waals surface area contributed by atoms with E-state index in [1.54, 1.807) is 41.4 Å². The molecule has 0 N–H and O–H groups in total. The minimum atomic E-state index is -0.324. The molecule has 0 atom stereocenters. The standard InChI is InChI=1S/C22H21FN4O2/c23-18-3-1-16(2-4-18)20-21(17-5-8-24-9-6-17)26(15-25-20)11-19(28)27-12-22(13-27)7-10-29-14-22/h1-6,8-9,15H,7,10-14H2/i8D. The molecule has 5 rings (SSSR count). The van der Waals surface area contributed by atoms with Crippen LogP contribution in [0, 0.1) is 11.2 Å². The van der Waals surface area contributed by atoms with E-state index in [4.69, 9.17) is 6.11 Å². The van der Waals surface area contributed by atoms with Crippen molar-refractivity contribution in [2.45, 2.75) is 13.0 Å². The summed E-state index contributed by atoms with van der Waals surface area (Å²) in [4.78, 5) is 23.2. The molecule has 0 aliphatic carbocycles. The van der Waals surface area contributed by atoms with Crippen LogP contribution in [0.25, 0.3) is 22.5 Å². The molecule has 1 amide bonds. The highest BCUT2D eigenvalue weighted by Crippen LogP contribution is 2.38. The van der Waals surface area contributed by atoms with Gasteiger partial charge in [-0.05, 0) is 42.8 Å². The van der Waals surface area contributed by atoms with Gasteiger partial charge in [0.25, 0.3) is 0 Å². The van der Waals surface area contributed by atoms with Gasteiger partial charge in [-0.15, -0.1) is 0 Å². The molecular formula is C22H21FN4O2. The first kappa shape index (κ1) is 16.9. The number of hydrogen-bond acceptors (Lipinski definition) is 4. The van der Waals surface area contributed by atoms with E-state index in [0.717, 1.165) is 43.9 Å². The van der Waals surface area contributed by atoms with Crippen molar-refractivity contribution >= 4 is 5.91 Å². The molecule has 2 aliphatic rings. The van der Waals surface area contributed by atoms with Crippen LogP contribution in [0.4, 0.5) is 4.39 Å². The summed E-state index contributed by atoms with van der Waals surface area (Å²) in [6, 6.07) is 9.52. The van der Waals surface area contributed by atoms with E-state index in [2.05, 4.69) is 9.97 Å². The number of imidazole rings is 1. The van der Waals surface area contributed by atoms with Gasteiger partial charge in [-0.3, -0.25) is 9.78 Å². The lowest BCUT2D eigenvalue weighted by molar-refractivity contribution is -0.144. The molecule has 29 heavy (non-hydrogen) atoms. The molecule has 3 aromatic rings. The first-order valence-corrected chi connectivity index (χ1v) is 9.63. The van der Waals surface area contributed by atoms with Gasteiger partial charge in [0.15, 0.2) is 0 Å². The number of nitrogens with zero attached hydrogens (tertiary/aromatic N) is 4. The smallest absolute Gasteiger partial charge is 0.242 e. The Labute approximate surface area is 169 Å². The summed E-state index contributed by atoms with van der Waals surface area (Å²) in [5.74, 6) is -0.299. The third-order valence-corrected chi connectivity index (χ3v) is 5.75. The van der Waals surface area contributed by atoms with Gasteiger partial charge in [-0.2, -0.15) is 0 Å². The van der Waals surface area contributed by atoms with Gasteiger partial charge in [0.05, 0.1) is 25.7 Å². The average Bonchev–Trinajstić information content (AvgIpc) is 3.35. The first-order chi connectivity index (χ1) is 14.5. The van der Waals surface area contributed by atoms with Gasteiger partial charge in [-0.25, -0.2) is 9.37 Å². The van der Waals surface area contributed by atoms with Gasteiger partial charge in [-0.1, -0.05) is 0 Å². The van der Waals surface area contributed by atoms with Crippen molar-refractivity contribution in [2.24, 2.45) is 5.41 Å². The lowest BCUT2D eigenvalue weighted by Crippen LogP contribution is -2.59. The van der Waals surface area contributed by atoms with E-state index in [0.29, 0.717) is 11.4 Å². The quantitative estimate of drug-likeness (QED) is 0.684. The number of carbonyl (C=O) groups excluding carboxylic acids is 1. The summed E-state index contributed by atoms with van der Waals surface area (Å²) in [5.41, 5.74) is 2.97. The molecule has 1 aromatic carbocycles. The molecule has 148 valence electrons. The van der Waals surface area contributed by atoms with Crippen molar-refractivity contribution in [3.63, 3.8) is 0 Å². The van der Waals surface area contributed by atoms with Gasteiger partial charge >= 0.3 is 0 Å². The third-order valence-electron chi connectivity index (χ3n) is 5.75. The van der Waals surface area contributed by atoms with Gasteiger partial charge in [0.2, 0.25) is 5.91 Å².